The van der Waals surface area contributed by atoms with E-state index in [1.807, 2.05) is 6.92 Å². The van der Waals surface area contributed by atoms with E-state index in [-0.39, 0.29) is 11.2 Å². The number of nitrogens with zero attached hydrogens (tertiary/aromatic N) is 2. The molecule has 2 rings (SSSR count). The number of hydrogen-bond acceptors (Lipinski definition) is 4. The van der Waals surface area contributed by atoms with Crippen LogP contribution >= 0.6 is 11.8 Å². The van der Waals surface area contributed by atoms with Gasteiger partial charge in [-0.3, -0.25) is 10.1 Å². The molecule has 2 N–H and O–H groups in total. The maximum Gasteiger partial charge on any atom is 0.321 e. The van der Waals surface area contributed by atoms with Gasteiger partial charge in [0.1, 0.15) is 0 Å². The molecule has 1 aromatic heterocycles. The molecule has 22 heavy (non-hydrogen) atoms. The Morgan fingerprint density at radius 3 is 2.55 bits per heavy atom. The highest BCUT2D eigenvalue weighted by molar-refractivity contribution is 8.00. The van der Waals surface area contributed by atoms with Gasteiger partial charge in [0, 0.05) is 18.8 Å². The lowest BCUT2D eigenvalue weighted by Crippen LogP contribution is -2.41. The molecule has 7 heteroatoms. The summed E-state index contributed by atoms with van der Waals surface area (Å²) in [5.41, 5.74) is 2.18. The molecule has 3 amide bonds. The summed E-state index contributed by atoms with van der Waals surface area (Å²) in [6.45, 7) is 5.88. The van der Waals surface area contributed by atoms with Crippen LogP contribution in [0.15, 0.2) is 5.16 Å². The van der Waals surface area contributed by atoms with E-state index in [0.29, 0.717) is 6.04 Å². The van der Waals surface area contributed by atoms with E-state index in [4.69, 9.17) is 0 Å². The zero-order valence-corrected chi connectivity index (χ0v) is 14.4. The van der Waals surface area contributed by atoms with Crippen LogP contribution in [0.1, 0.15) is 50.0 Å². The normalized spacial score (nSPS) is 16.5. The van der Waals surface area contributed by atoms with Crippen molar-refractivity contribution in [2.45, 2.75) is 62.9 Å². The number of amides is 3. The van der Waals surface area contributed by atoms with Crippen LogP contribution in [-0.2, 0) is 4.79 Å². The van der Waals surface area contributed by atoms with Crippen LogP contribution in [-0.4, -0.2) is 33.8 Å². The van der Waals surface area contributed by atoms with Gasteiger partial charge in [-0.15, -0.1) is 0 Å². The van der Waals surface area contributed by atoms with E-state index in [1.54, 1.807) is 6.92 Å². The SMILES string of the molecule is CNC(=O)NC(=O)[C@@H](C)Sc1nc(C)c(C)n1C1CCCC1. The topological polar surface area (TPSA) is 76.0 Å². The van der Waals surface area contributed by atoms with E-state index in [0.717, 1.165) is 10.9 Å². The van der Waals surface area contributed by atoms with E-state index in [2.05, 4.69) is 27.1 Å². The van der Waals surface area contributed by atoms with Crippen LogP contribution in [0, 0.1) is 13.8 Å². The maximum atomic E-state index is 12.0. The summed E-state index contributed by atoms with van der Waals surface area (Å²) in [4.78, 5) is 27.9. The van der Waals surface area contributed by atoms with Crippen molar-refractivity contribution in [3.63, 3.8) is 0 Å². The first kappa shape index (κ1) is 16.9. The standard InChI is InChI=1S/C15H24N4O2S/c1-9-10(2)19(12-7-5-6-8-12)15(17-9)22-11(3)13(20)18-14(21)16-4/h11-12H,5-8H2,1-4H3,(H2,16,18,20,21)/t11-/m1/s1. The minimum Gasteiger partial charge on any atom is -0.341 e. The molecule has 122 valence electrons. The van der Waals surface area contributed by atoms with Gasteiger partial charge in [-0.1, -0.05) is 24.6 Å². The number of imidazole rings is 1. The third-order valence-corrected chi connectivity index (χ3v) is 5.23. The molecular formula is C15H24N4O2S. The van der Waals surface area contributed by atoms with Crippen LogP contribution in [0.2, 0.25) is 0 Å². The quantitative estimate of drug-likeness (QED) is 0.835. The molecule has 0 unspecified atom stereocenters. The number of thioether (sulfide) groups is 1. The molecule has 1 aliphatic rings. The number of nitrogens with one attached hydrogen (secondary N) is 2. The minimum absolute atomic E-state index is 0.305. The van der Waals surface area contributed by atoms with Gasteiger partial charge in [-0.2, -0.15) is 0 Å². The van der Waals surface area contributed by atoms with Crippen LogP contribution in [0.5, 0.6) is 0 Å². The lowest BCUT2D eigenvalue weighted by molar-refractivity contribution is -0.119. The molecule has 1 saturated carbocycles. The van der Waals surface area contributed by atoms with Crippen LogP contribution in [0.25, 0.3) is 0 Å². The summed E-state index contributed by atoms with van der Waals surface area (Å²) in [7, 11) is 1.49. The largest absolute Gasteiger partial charge is 0.341 e. The monoisotopic (exact) mass is 324 g/mol. The Morgan fingerprint density at radius 1 is 1.32 bits per heavy atom. The first-order valence-corrected chi connectivity index (χ1v) is 8.56. The fourth-order valence-corrected chi connectivity index (χ4v) is 3.83. The number of hydrogen-bond donors (Lipinski definition) is 2. The predicted molar refractivity (Wildman–Crippen MR) is 87.1 cm³/mol. The average Bonchev–Trinajstić information content (AvgIpc) is 3.08. The molecule has 1 heterocycles. The van der Waals surface area contributed by atoms with Gasteiger partial charge >= 0.3 is 6.03 Å². The van der Waals surface area contributed by atoms with Gasteiger partial charge in [0.05, 0.1) is 10.9 Å². The Labute approximate surface area is 135 Å². The summed E-state index contributed by atoms with van der Waals surface area (Å²) in [6, 6.07) is 0.00171. The highest BCUT2D eigenvalue weighted by atomic mass is 32.2. The van der Waals surface area contributed by atoms with Crippen molar-refractivity contribution in [3.05, 3.63) is 11.4 Å². The van der Waals surface area contributed by atoms with Gasteiger partial charge < -0.3 is 9.88 Å². The lowest BCUT2D eigenvalue weighted by Gasteiger charge is -2.18. The van der Waals surface area contributed by atoms with Gasteiger partial charge in [0.25, 0.3) is 0 Å². The van der Waals surface area contributed by atoms with Gasteiger partial charge in [-0.25, -0.2) is 9.78 Å². The molecule has 1 aliphatic carbocycles. The average molecular weight is 324 g/mol. The molecule has 0 bridgehead atoms. The van der Waals surface area contributed by atoms with Crippen molar-refractivity contribution in [1.82, 2.24) is 20.2 Å². The van der Waals surface area contributed by atoms with Gasteiger partial charge in [-0.05, 0) is 33.6 Å². The molecule has 1 aromatic rings. The summed E-state index contributed by atoms with van der Waals surface area (Å²) < 4.78 is 2.27. The number of carbonyl (C=O) groups is 2. The third-order valence-electron chi connectivity index (χ3n) is 4.16. The van der Waals surface area contributed by atoms with E-state index in [1.165, 1.54) is 50.2 Å². The highest BCUT2D eigenvalue weighted by Crippen LogP contribution is 2.36. The molecule has 0 aromatic carbocycles. The van der Waals surface area contributed by atoms with Crippen LogP contribution < -0.4 is 10.6 Å². The highest BCUT2D eigenvalue weighted by Gasteiger charge is 2.26. The second-order valence-corrected chi connectivity index (χ2v) is 7.01. The fourth-order valence-electron chi connectivity index (χ4n) is 2.76. The van der Waals surface area contributed by atoms with Crippen molar-refractivity contribution >= 4 is 23.7 Å². The zero-order valence-electron chi connectivity index (χ0n) is 13.6. The third kappa shape index (κ3) is 3.63. The maximum absolute atomic E-state index is 12.0. The molecule has 0 spiro atoms. The van der Waals surface area contributed by atoms with Gasteiger partial charge in [0.15, 0.2) is 5.16 Å². The summed E-state index contributed by atoms with van der Waals surface area (Å²) in [5.74, 6) is -0.305. The minimum atomic E-state index is -0.482. The number of rotatable bonds is 4. The van der Waals surface area contributed by atoms with Crippen molar-refractivity contribution < 1.29 is 9.59 Å². The summed E-state index contributed by atoms with van der Waals surface area (Å²) in [5, 5.41) is 5.20. The smallest absolute Gasteiger partial charge is 0.321 e. The zero-order chi connectivity index (χ0) is 16.3. The molecule has 1 atom stereocenters. The van der Waals surface area contributed by atoms with Crippen molar-refractivity contribution in [3.8, 4) is 0 Å². The Balaban J connectivity index is 2.13. The Kier molecular flexibility index (Phi) is 5.50. The number of carbonyl (C=O) groups excluding carboxylic acids is 2. The van der Waals surface area contributed by atoms with Crippen LogP contribution in [0.4, 0.5) is 4.79 Å². The second-order valence-electron chi connectivity index (χ2n) is 5.70. The molecule has 0 saturated heterocycles. The predicted octanol–water partition coefficient (Wildman–Crippen LogP) is 2.55. The molecular weight excluding hydrogens is 300 g/mol. The summed E-state index contributed by atoms with van der Waals surface area (Å²) in [6.07, 6.45) is 4.84. The first-order chi connectivity index (χ1) is 10.4. The second kappa shape index (κ2) is 7.17. The Bertz CT molecular complexity index is 564. The van der Waals surface area contributed by atoms with Crippen molar-refractivity contribution in [2.75, 3.05) is 7.05 Å². The molecule has 0 radical (unpaired) electrons. The summed E-state index contributed by atoms with van der Waals surface area (Å²) >= 11 is 1.41. The first-order valence-electron chi connectivity index (χ1n) is 7.68. The molecule has 6 nitrogen and oxygen atoms in total. The van der Waals surface area contributed by atoms with E-state index >= 15 is 0 Å². The Hall–Kier alpha value is -1.50. The molecule has 0 aliphatic heterocycles. The van der Waals surface area contributed by atoms with E-state index in [9.17, 15) is 9.59 Å². The Morgan fingerprint density at radius 2 is 1.95 bits per heavy atom. The number of aryl methyl sites for hydroxylation is 1. The van der Waals surface area contributed by atoms with Gasteiger partial charge in [0.2, 0.25) is 5.91 Å². The number of aromatic nitrogens is 2. The van der Waals surface area contributed by atoms with Crippen molar-refractivity contribution in [2.24, 2.45) is 0 Å². The van der Waals surface area contributed by atoms with E-state index < -0.39 is 6.03 Å². The van der Waals surface area contributed by atoms with Crippen LogP contribution in [0.3, 0.4) is 0 Å². The van der Waals surface area contributed by atoms with Crippen molar-refractivity contribution in [1.29, 1.82) is 0 Å². The number of urea groups is 1. The fraction of sp³-hybridized carbons (Fsp3) is 0.667. The number of imide groups is 1. The lowest BCUT2D eigenvalue weighted by atomic mass is 10.2. The molecule has 1 fully saturated rings.